The van der Waals surface area contributed by atoms with Crippen LogP contribution >= 0.6 is 23.5 Å². The summed E-state index contributed by atoms with van der Waals surface area (Å²) in [5.74, 6) is 1.55. The first-order chi connectivity index (χ1) is 31.0. The molecule has 0 radical (unpaired) electrons. The summed E-state index contributed by atoms with van der Waals surface area (Å²) >= 11 is 3.37. The van der Waals surface area contributed by atoms with Crippen molar-refractivity contribution in [3.8, 4) is 18.6 Å². The van der Waals surface area contributed by atoms with Crippen molar-refractivity contribution in [2.24, 2.45) is 5.92 Å². The first kappa shape index (κ1) is 51.6. The Kier molecular flexibility index (Phi) is 22.6. The highest BCUT2D eigenvalue weighted by Crippen LogP contribution is 2.38. The molecule has 0 spiro atoms. The molecule has 2 aromatic rings. The number of hydrogen-bond donors (Lipinski definition) is 0. The molecular formula is C52H66N4O6S2. The molecule has 0 aromatic heterocycles. The molecule has 64 heavy (non-hydrogen) atoms. The first-order valence-corrected chi connectivity index (χ1v) is 23.8. The van der Waals surface area contributed by atoms with Gasteiger partial charge in [-0.2, -0.15) is 0 Å². The highest BCUT2D eigenvalue weighted by molar-refractivity contribution is 8.00. The van der Waals surface area contributed by atoms with Crippen LogP contribution in [0.5, 0.6) is 5.75 Å². The highest BCUT2D eigenvalue weighted by atomic mass is 32.2. The van der Waals surface area contributed by atoms with Gasteiger partial charge < -0.3 is 33.8 Å². The maximum absolute atomic E-state index is 14.0. The minimum absolute atomic E-state index is 0.0211. The molecule has 0 saturated carbocycles. The van der Waals surface area contributed by atoms with E-state index in [1.54, 1.807) is 28.4 Å². The van der Waals surface area contributed by atoms with Crippen LogP contribution in [-0.4, -0.2) is 134 Å². The molecule has 2 aromatic carbocycles. The number of hydrogen-bond acceptors (Lipinski definition) is 10. The molecule has 0 saturated heterocycles. The molecule has 10 nitrogen and oxygen atoms in total. The number of carbonyl (C=O) groups excluding carboxylic acids is 3. The van der Waals surface area contributed by atoms with Crippen LogP contribution in [0.2, 0.25) is 0 Å². The number of benzene rings is 2. The fourth-order valence-electron chi connectivity index (χ4n) is 7.00. The van der Waals surface area contributed by atoms with Gasteiger partial charge in [-0.1, -0.05) is 122 Å². The maximum atomic E-state index is 14.0. The number of esters is 1. The van der Waals surface area contributed by atoms with Crippen LogP contribution in [0.4, 0.5) is 0 Å². The molecule has 2 heterocycles. The summed E-state index contributed by atoms with van der Waals surface area (Å²) in [5.41, 5.74) is 4.07. The lowest BCUT2D eigenvalue weighted by atomic mass is 9.98. The molecule has 1 aliphatic carbocycles. The lowest BCUT2D eigenvalue weighted by molar-refractivity contribution is -0.157. The standard InChI is InChI=1S/C50H64N4O6S2.C2H2/c1-38-47(61-34-13-9-7-11-28-53(49(38)56)32-30-51(3)4)43-23-26-45(27-24-43)59-37-41-20-18-40(19-21-41)36-58-44-17-15-16-42(22-25-44)48-46(60-39(2)55)50(57)54(33-31-52(5)6)29-12-8-10-14-35-62-48;1-2/h7-27,38,44,46-48H,28-37H2,1-6H3;1-2H/b11-7-,12-8-,13-9-,14-10-;. The number of carbonyl (C=O) groups is 3. The zero-order valence-electron chi connectivity index (χ0n) is 38.3. The van der Waals surface area contributed by atoms with Gasteiger partial charge >= 0.3 is 5.97 Å². The molecule has 342 valence electrons. The Morgan fingerprint density at radius 3 is 1.84 bits per heavy atom. The normalized spacial score (nSPS) is 24.0. The Morgan fingerprint density at radius 1 is 0.719 bits per heavy atom. The molecule has 5 rings (SSSR count). The third-order valence-corrected chi connectivity index (χ3v) is 13.2. The second-order valence-corrected chi connectivity index (χ2v) is 18.4. The van der Waals surface area contributed by atoms with Gasteiger partial charge in [0, 0.05) is 62.9 Å². The summed E-state index contributed by atoms with van der Waals surface area (Å²) in [4.78, 5) is 48.0. The van der Waals surface area contributed by atoms with Gasteiger partial charge in [0.1, 0.15) is 12.4 Å². The molecule has 12 heteroatoms. The molecule has 5 atom stereocenters. The smallest absolute Gasteiger partial charge is 0.303 e. The number of likely N-dealkylation sites (N-methyl/N-ethyl adjacent to an activating group) is 2. The van der Waals surface area contributed by atoms with Crippen molar-refractivity contribution in [2.45, 2.75) is 49.8 Å². The van der Waals surface area contributed by atoms with Crippen LogP contribution in [0.15, 0.2) is 133 Å². The summed E-state index contributed by atoms with van der Waals surface area (Å²) in [6, 6.07) is 16.4. The van der Waals surface area contributed by atoms with E-state index in [9.17, 15) is 14.4 Å². The lowest BCUT2D eigenvalue weighted by Crippen LogP contribution is -2.48. The molecule has 0 bridgehead atoms. The van der Waals surface area contributed by atoms with E-state index in [0.717, 1.165) is 40.3 Å². The van der Waals surface area contributed by atoms with Crippen LogP contribution in [0.25, 0.3) is 0 Å². The number of rotatable bonds is 15. The molecule has 5 unspecified atom stereocenters. The number of ether oxygens (including phenoxy) is 3. The fraction of sp³-hybridized carbons (Fsp3) is 0.404. The number of thioether (sulfide) groups is 2. The Labute approximate surface area is 390 Å². The monoisotopic (exact) mass is 906 g/mol. The predicted octanol–water partition coefficient (Wildman–Crippen LogP) is 7.93. The van der Waals surface area contributed by atoms with E-state index in [1.807, 2.05) is 105 Å². The van der Waals surface area contributed by atoms with E-state index < -0.39 is 17.3 Å². The van der Waals surface area contributed by atoms with Gasteiger partial charge in [0.15, 0.2) is 6.10 Å². The molecule has 3 aliphatic rings. The quantitative estimate of drug-likeness (QED) is 0.130. The topological polar surface area (TPSA) is 91.9 Å². The Bertz CT molecular complexity index is 2020. The first-order valence-electron chi connectivity index (χ1n) is 21.7. The number of terminal acetylenes is 1. The number of allylic oxidation sites excluding steroid dienone is 7. The Balaban J connectivity index is 0.00000442. The van der Waals surface area contributed by atoms with Gasteiger partial charge in [0.05, 0.1) is 23.9 Å². The third kappa shape index (κ3) is 17.2. The average molecular weight is 907 g/mol. The second kappa shape index (κ2) is 28.0. The van der Waals surface area contributed by atoms with Crippen molar-refractivity contribution in [1.29, 1.82) is 0 Å². The van der Waals surface area contributed by atoms with Gasteiger partial charge in [-0.3, -0.25) is 14.4 Å². The summed E-state index contributed by atoms with van der Waals surface area (Å²) in [6.45, 7) is 7.98. The van der Waals surface area contributed by atoms with Gasteiger partial charge in [-0.25, -0.2) is 0 Å². The largest absolute Gasteiger partial charge is 0.489 e. The van der Waals surface area contributed by atoms with E-state index in [2.05, 4.69) is 85.4 Å². The van der Waals surface area contributed by atoms with Gasteiger partial charge in [0.25, 0.3) is 5.91 Å². The van der Waals surface area contributed by atoms with Crippen LogP contribution in [0.1, 0.15) is 35.8 Å². The van der Waals surface area contributed by atoms with Crippen molar-refractivity contribution in [3.05, 3.63) is 150 Å². The van der Waals surface area contributed by atoms with Crippen molar-refractivity contribution in [3.63, 3.8) is 0 Å². The molecule has 0 fully saturated rings. The van der Waals surface area contributed by atoms with E-state index in [-0.39, 0.29) is 29.1 Å². The van der Waals surface area contributed by atoms with Gasteiger partial charge in [-0.15, -0.1) is 36.4 Å². The summed E-state index contributed by atoms with van der Waals surface area (Å²) in [7, 11) is 8.01. The molecule has 2 amide bonds. The molecule has 2 aliphatic heterocycles. The maximum Gasteiger partial charge on any atom is 0.303 e. The van der Waals surface area contributed by atoms with E-state index >= 15 is 0 Å². The van der Waals surface area contributed by atoms with Crippen LogP contribution < -0.4 is 4.74 Å². The van der Waals surface area contributed by atoms with Crippen molar-refractivity contribution >= 4 is 41.3 Å². The fourth-order valence-corrected chi connectivity index (χ4v) is 9.31. The minimum atomic E-state index is -0.978. The zero-order chi connectivity index (χ0) is 46.3. The Hall–Kier alpha value is -5.03. The summed E-state index contributed by atoms with van der Waals surface area (Å²) < 4.78 is 18.3. The van der Waals surface area contributed by atoms with Crippen molar-refractivity contribution in [2.75, 3.05) is 79.0 Å². The van der Waals surface area contributed by atoms with Crippen LogP contribution in [0.3, 0.4) is 0 Å². The van der Waals surface area contributed by atoms with E-state index in [0.29, 0.717) is 51.7 Å². The van der Waals surface area contributed by atoms with Crippen molar-refractivity contribution < 1.29 is 28.6 Å². The zero-order valence-corrected chi connectivity index (χ0v) is 39.9. The molecule has 0 N–H and O–H groups in total. The van der Waals surface area contributed by atoms with Gasteiger partial charge in [0.2, 0.25) is 5.91 Å². The third-order valence-electron chi connectivity index (χ3n) is 10.6. The van der Waals surface area contributed by atoms with Gasteiger partial charge in [-0.05, 0) is 62.6 Å². The molecular weight excluding hydrogens is 841 g/mol. The number of amides is 2. The van der Waals surface area contributed by atoms with Crippen LogP contribution in [0, 0.1) is 18.8 Å². The summed E-state index contributed by atoms with van der Waals surface area (Å²) in [6.07, 6.45) is 32.9. The highest BCUT2D eigenvalue weighted by Gasteiger charge is 2.36. The Morgan fingerprint density at radius 2 is 1.27 bits per heavy atom. The van der Waals surface area contributed by atoms with Crippen LogP contribution in [-0.2, 0) is 37.1 Å². The summed E-state index contributed by atoms with van der Waals surface area (Å²) in [5, 5.41) is -0.394. The van der Waals surface area contributed by atoms with E-state index in [4.69, 9.17) is 14.2 Å². The lowest BCUT2D eigenvalue weighted by Gasteiger charge is -2.31. The second-order valence-electron chi connectivity index (χ2n) is 16.1. The van der Waals surface area contributed by atoms with Crippen molar-refractivity contribution in [1.82, 2.24) is 19.6 Å². The number of nitrogens with zero attached hydrogens (tertiary/aromatic N) is 4. The van der Waals surface area contributed by atoms with E-state index in [1.165, 1.54) is 6.92 Å². The minimum Gasteiger partial charge on any atom is -0.489 e. The SMILES string of the molecule is C#C.CC(=O)OC1C(=O)N(CCN(C)C)C/C=C\C=C/CSC1C1=CC=CC(OCc2ccc(COc3ccc(C4SC/C=C\C=C/CN(CCN(C)C)C(=O)C4C)cc3)cc2)C=C1. The average Bonchev–Trinajstić information content (AvgIpc) is 3.56. The predicted molar refractivity (Wildman–Crippen MR) is 265 cm³/mol.